The highest BCUT2D eigenvalue weighted by Crippen LogP contribution is 2.30. The lowest BCUT2D eigenvalue weighted by Crippen LogP contribution is -2.43. The maximum absolute atomic E-state index is 4.45. The van der Waals surface area contributed by atoms with Gasteiger partial charge in [0.15, 0.2) is 0 Å². The average molecular weight is 253 g/mol. The zero-order valence-electron chi connectivity index (χ0n) is 10.6. The number of rotatable bonds is 1. The smallest absolute Gasteiger partial charge is 0.138 e. The third-order valence-electron chi connectivity index (χ3n) is 3.73. The highest BCUT2D eigenvalue weighted by molar-refractivity contribution is 6.09. The minimum absolute atomic E-state index is 0.928. The van der Waals surface area contributed by atoms with Gasteiger partial charge in [-0.1, -0.05) is 0 Å². The average Bonchev–Trinajstić information content (AvgIpc) is 2.96. The van der Waals surface area contributed by atoms with E-state index < -0.39 is 0 Å². The van der Waals surface area contributed by atoms with Gasteiger partial charge < -0.3 is 15.2 Å². The minimum atomic E-state index is 0.928. The molecule has 0 spiro atoms. The van der Waals surface area contributed by atoms with Crippen LogP contribution in [0.5, 0.6) is 0 Å². The first kappa shape index (κ1) is 10.8. The largest absolute Gasteiger partial charge is 0.368 e. The number of fused-ring (bicyclic) bond motifs is 3. The fourth-order valence-corrected chi connectivity index (χ4v) is 2.81. The van der Waals surface area contributed by atoms with Crippen molar-refractivity contribution in [3.63, 3.8) is 0 Å². The second-order valence-corrected chi connectivity index (χ2v) is 4.83. The summed E-state index contributed by atoms with van der Waals surface area (Å²) in [6, 6.07) is 4.19. The lowest BCUT2D eigenvalue weighted by Gasteiger charge is -2.30. The number of pyridine rings is 2. The summed E-state index contributed by atoms with van der Waals surface area (Å²) in [4.78, 5) is 14.5. The van der Waals surface area contributed by atoms with Crippen LogP contribution in [0.3, 0.4) is 0 Å². The molecule has 3 aromatic heterocycles. The van der Waals surface area contributed by atoms with E-state index in [4.69, 9.17) is 0 Å². The second-order valence-electron chi connectivity index (χ2n) is 4.83. The third kappa shape index (κ3) is 1.66. The van der Waals surface area contributed by atoms with Gasteiger partial charge in [-0.25, -0.2) is 4.98 Å². The summed E-state index contributed by atoms with van der Waals surface area (Å²) in [5.41, 5.74) is 3.15. The number of hydrogen-bond acceptors (Lipinski definition) is 4. The Balaban J connectivity index is 2.00. The summed E-state index contributed by atoms with van der Waals surface area (Å²) in [5.74, 6) is 0. The van der Waals surface area contributed by atoms with Crippen molar-refractivity contribution < 1.29 is 0 Å². The van der Waals surface area contributed by atoms with E-state index in [1.165, 1.54) is 11.1 Å². The monoisotopic (exact) mass is 253 g/mol. The Labute approximate surface area is 110 Å². The molecule has 3 aromatic rings. The molecule has 0 bridgehead atoms. The molecule has 0 saturated carbocycles. The van der Waals surface area contributed by atoms with Crippen molar-refractivity contribution in [2.24, 2.45) is 0 Å². The van der Waals surface area contributed by atoms with Gasteiger partial charge in [-0.05, 0) is 12.1 Å². The number of aromatic nitrogens is 3. The first-order valence-corrected chi connectivity index (χ1v) is 6.60. The lowest BCUT2D eigenvalue weighted by atomic mass is 10.1. The Bertz CT molecular complexity index is 727. The number of nitrogens with one attached hydrogen (secondary N) is 2. The molecule has 0 amide bonds. The predicted molar refractivity (Wildman–Crippen MR) is 76.5 cm³/mol. The summed E-state index contributed by atoms with van der Waals surface area (Å²) in [7, 11) is 0. The zero-order chi connectivity index (χ0) is 12.7. The Kier molecular flexibility index (Phi) is 2.38. The summed E-state index contributed by atoms with van der Waals surface area (Å²) in [6.45, 7) is 4.14. The van der Waals surface area contributed by atoms with E-state index in [9.17, 15) is 0 Å². The van der Waals surface area contributed by atoms with Gasteiger partial charge in [0, 0.05) is 55.0 Å². The molecule has 19 heavy (non-hydrogen) atoms. The highest BCUT2D eigenvalue weighted by Gasteiger charge is 2.15. The van der Waals surface area contributed by atoms with E-state index in [0.717, 1.165) is 42.7 Å². The summed E-state index contributed by atoms with van der Waals surface area (Å²) in [6.07, 6.45) is 5.66. The number of nitrogens with zero attached hydrogens (tertiary/aromatic N) is 3. The topological polar surface area (TPSA) is 56.8 Å². The molecule has 0 radical (unpaired) electrons. The molecule has 4 rings (SSSR count). The van der Waals surface area contributed by atoms with E-state index in [0.29, 0.717) is 0 Å². The second kappa shape index (κ2) is 4.20. The van der Waals surface area contributed by atoms with Crippen molar-refractivity contribution >= 4 is 27.6 Å². The molecule has 0 aliphatic carbocycles. The van der Waals surface area contributed by atoms with Crippen molar-refractivity contribution in [1.29, 1.82) is 0 Å². The minimum Gasteiger partial charge on any atom is -0.368 e. The third-order valence-corrected chi connectivity index (χ3v) is 3.73. The van der Waals surface area contributed by atoms with E-state index in [-0.39, 0.29) is 0 Å². The summed E-state index contributed by atoms with van der Waals surface area (Å²) < 4.78 is 0. The summed E-state index contributed by atoms with van der Waals surface area (Å²) >= 11 is 0. The molecule has 1 aliphatic heterocycles. The molecule has 1 aliphatic rings. The van der Waals surface area contributed by atoms with Gasteiger partial charge in [0.05, 0.1) is 11.7 Å². The normalized spacial score (nSPS) is 16.3. The van der Waals surface area contributed by atoms with Crippen LogP contribution in [-0.2, 0) is 0 Å². The number of H-pyrrole nitrogens is 1. The molecular weight excluding hydrogens is 238 g/mol. The van der Waals surface area contributed by atoms with Gasteiger partial charge in [-0.15, -0.1) is 0 Å². The fourth-order valence-electron chi connectivity index (χ4n) is 2.81. The molecular formula is C14H15N5. The van der Waals surface area contributed by atoms with E-state index in [1.54, 1.807) is 0 Å². The van der Waals surface area contributed by atoms with Crippen LogP contribution in [0.25, 0.3) is 21.9 Å². The van der Waals surface area contributed by atoms with Crippen molar-refractivity contribution in [2.75, 3.05) is 31.1 Å². The summed E-state index contributed by atoms with van der Waals surface area (Å²) in [5, 5.41) is 5.75. The first-order valence-electron chi connectivity index (χ1n) is 6.60. The lowest BCUT2D eigenvalue weighted by molar-refractivity contribution is 0.590. The van der Waals surface area contributed by atoms with Crippen LogP contribution >= 0.6 is 0 Å². The first-order chi connectivity index (χ1) is 9.43. The van der Waals surface area contributed by atoms with Crippen molar-refractivity contribution in [2.45, 2.75) is 0 Å². The van der Waals surface area contributed by atoms with Gasteiger partial charge in [-0.2, -0.15) is 0 Å². The molecule has 4 heterocycles. The van der Waals surface area contributed by atoms with E-state index in [2.05, 4.69) is 37.3 Å². The van der Waals surface area contributed by atoms with Crippen LogP contribution in [-0.4, -0.2) is 41.1 Å². The van der Waals surface area contributed by atoms with Crippen LogP contribution in [0.2, 0.25) is 0 Å². The Morgan fingerprint density at radius 1 is 1.11 bits per heavy atom. The molecule has 5 heteroatoms. The van der Waals surface area contributed by atoms with E-state index in [1.807, 2.05) is 18.6 Å². The number of hydrogen-bond donors (Lipinski definition) is 2. The maximum atomic E-state index is 4.45. The SMILES string of the molecule is c1cc(N2CCNCC2)c2c(cnc3[nH]ccc32)n1. The maximum Gasteiger partial charge on any atom is 0.138 e. The van der Waals surface area contributed by atoms with Crippen molar-refractivity contribution in [1.82, 2.24) is 20.3 Å². The number of aromatic amines is 1. The number of piperazine rings is 1. The Morgan fingerprint density at radius 3 is 2.89 bits per heavy atom. The Hall–Kier alpha value is -2.14. The molecule has 1 fully saturated rings. The number of anilines is 1. The molecule has 0 atom stereocenters. The molecule has 0 aromatic carbocycles. The van der Waals surface area contributed by atoms with Gasteiger partial charge in [0.25, 0.3) is 0 Å². The molecule has 1 saturated heterocycles. The Morgan fingerprint density at radius 2 is 2.00 bits per heavy atom. The molecule has 2 N–H and O–H groups in total. The van der Waals surface area contributed by atoms with E-state index >= 15 is 0 Å². The highest BCUT2D eigenvalue weighted by atomic mass is 15.2. The molecule has 5 nitrogen and oxygen atoms in total. The van der Waals surface area contributed by atoms with Crippen LogP contribution in [0, 0.1) is 0 Å². The van der Waals surface area contributed by atoms with Crippen LogP contribution in [0.4, 0.5) is 5.69 Å². The van der Waals surface area contributed by atoms with Crippen molar-refractivity contribution in [3.8, 4) is 0 Å². The standard InChI is InChI=1S/C14H15N5/c1-3-17-14-10(1)13-11(9-18-14)16-4-2-12(13)19-7-5-15-6-8-19/h1-4,9,15H,5-8H2,(H,17,18). The molecule has 0 unspecified atom stereocenters. The predicted octanol–water partition coefficient (Wildman–Crippen LogP) is 1.52. The van der Waals surface area contributed by atoms with Crippen LogP contribution in [0.15, 0.2) is 30.7 Å². The fraction of sp³-hybridized carbons (Fsp3) is 0.286. The van der Waals surface area contributed by atoms with Gasteiger partial charge in [-0.3, -0.25) is 4.98 Å². The van der Waals surface area contributed by atoms with Crippen LogP contribution < -0.4 is 10.2 Å². The quantitative estimate of drug-likeness (QED) is 0.690. The van der Waals surface area contributed by atoms with Gasteiger partial charge >= 0.3 is 0 Å². The zero-order valence-corrected chi connectivity index (χ0v) is 10.6. The van der Waals surface area contributed by atoms with Crippen LogP contribution in [0.1, 0.15) is 0 Å². The van der Waals surface area contributed by atoms with Crippen molar-refractivity contribution in [3.05, 3.63) is 30.7 Å². The van der Waals surface area contributed by atoms with Gasteiger partial charge in [0.2, 0.25) is 0 Å². The molecule has 96 valence electrons. The van der Waals surface area contributed by atoms with Gasteiger partial charge in [0.1, 0.15) is 5.65 Å².